The summed E-state index contributed by atoms with van der Waals surface area (Å²) in [5.74, 6) is 1.37. The third-order valence-corrected chi connectivity index (χ3v) is 4.45. The van der Waals surface area contributed by atoms with E-state index < -0.39 is 0 Å². The molecule has 1 fully saturated rings. The van der Waals surface area contributed by atoms with Gasteiger partial charge in [-0.2, -0.15) is 0 Å². The van der Waals surface area contributed by atoms with Crippen LogP contribution >= 0.6 is 11.3 Å². The largest absolute Gasteiger partial charge is 0.355 e. The second-order valence-electron chi connectivity index (χ2n) is 5.03. The van der Waals surface area contributed by atoms with Crippen LogP contribution in [0.3, 0.4) is 0 Å². The molecule has 3 heterocycles. The van der Waals surface area contributed by atoms with Crippen LogP contribution in [0.25, 0.3) is 10.6 Å². The minimum atomic E-state index is -0.0153. The Hall–Kier alpha value is -1.62. The third kappa shape index (κ3) is 2.56. The molecule has 19 heavy (non-hydrogen) atoms. The minimum absolute atomic E-state index is 0.0153. The van der Waals surface area contributed by atoms with Crippen molar-refractivity contribution >= 4 is 17.2 Å². The molecule has 0 spiro atoms. The molecule has 1 saturated heterocycles. The maximum atomic E-state index is 12.3. The van der Waals surface area contributed by atoms with Crippen LogP contribution in [0.15, 0.2) is 28.1 Å². The van der Waals surface area contributed by atoms with Crippen molar-refractivity contribution in [2.75, 3.05) is 13.1 Å². The van der Waals surface area contributed by atoms with Crippen LogP contribution in [0, 0.1) is 5.92 Å². The molecule has 0 saturated carbocycles. The number of aromatic nitrogens is 1. The predicted octanol–water partition coefficient (Wildman–Crippen LogP) is 3.28. The maximum Gasteiger partial charge on any atom is 0.276 e. The number of thiophene rings is 1. The van der Waals surface area contributed by atoms with Crippen LogP contribution in [0.5, 0.6) is 0 Å². The molecule has 0 bridgehead atoms. The van der Waals surface area contributed by atoms with Crippen molar-refractivity contribution in [2.24, 2.45) is 5.92 Å². The number of carbonyl (C=O) groups is 1. The monoisotopic (exact) mass is 276 g/mol. The standard InChI is InChI=1S/C14H16N2O2S/c1-10-4-6-16(7-5-10)14(17)11-9-12(18-15-11)13-3-2-8-19-13/h2-3,8-10H,4-7H2,1H3. The Morgan fingerprint density at radius 2 is 2.26 bits per heavy atom. The topological polar surface area (TPSA) is 46.3 Å². The van der Waals surface area contributed by atoms with Crippen LogP contribution in [0.1, 0.15) is 30.3 Å². The van der Waals surface area contributed by atoms with Crippen LogP contribution in [0.4, 0.5) is 0 Å². The molecule has 0 atom stereocenters. The van der Waals surface area contributed by atoms with Crippen molar-refractivity contribution < 1.29 is 9.32 Å². The molecular formula is C14H16N2O2S. The third-order valence-electron chi connectivity index (χ3n) is 3.56. The number of hydrogen-bond acceptors (Lipinski definition) is 4. The first kappa shape index (κ1) is 12.4. The number of piperidine rings is 1. The van der Waals surface area contributed by atoms with Crippen LogP contribution in [-0.4, -0.2) is 29.1 Å². The molecule has 0 unspecified atom stereocenters. The molecule has 3 rings (SSSR count). The van der Waals surface area contributed by atoms with E-state index in [9.17, 15) is 4.79 Å². The average molecular weight is 276 g/mol. The molecule has 0 aliphatic carbocycles. The smallest absolute Gasteiger partial charge is 0.276 e. The van der Waals surface area contributed by atoms with Gasteiger partial charge in [0.15, 0.2) is 11.5 Å². The molecule has 0 radical (unpaired) electrons. The molecule has 1 aliphatic heterocycles. The minimum Gasteiger partial charge on any atom is -0.355 e. The summed E-state index contributed by atoms with van der Waals surface area (Å²) in [4.78, 5) is 15.2. The van der Waals surface area contributed by atoms with E-state index in [0.29, 0.717) is 17.4 Å². The fraction of sp³-hybridized carbons (Fsp3) is 0.429. The molecule has 2 aromatic heterocycles. The highest BCUT2D eigenvalue weighted by Crippen LogP contribution is 2.26. The van der Waals surface area contributed by atoms with Gasteiger partial charge in [0.25, 0.3) is 5.91 Å². The first-order valence-corrected chi connectivity index (χ1v) is 7.42. The lowest BCUT2D eigenvalue weighted by Gasteiger charge is -2.29. The van der Waals surface area contributed by atoms with Crippen LogP contribution in [0.2, 0.25) is 0 Å². The number of rotatable bonds is 2. The number of nitrogens with zero attached hydrogens (tertiary/aromatic N) is 2. The highest BCUT2D eigenvalue weighted by Gasteiger charge is 2.24. The normalized spacial score (nSPS) is 16.8. The first-order chi connectivity index (χ1) is 9.24. The lowest BCUT2D eigenvalue weighted by molar-refractivity contribution is 0.0687. The lowest BCUT2D eigenvalue weighted by atomic mass is 9.99. The van der Waals surface area contributed by atoms with Crippen molar-refractivity contribution in [1.29, 1.82) is 0 Å². The summed E-state index contributed by atoms with van der Waals surface area (Å²) in [6.45, 7) is 3.87. The van der Waals surface area contributed by atoms with Crippen molar-refractivity contribution in [3.63, 3.8) is 0 Å². The quantitative estimate of drug-likeness (QED) is 0.845. The van der Waals surface area contributed by atoms with Gasteiger partial charge < -0.3 is 9.42 Å². The van der Waals surface area contributed by atoms with E-state index >= 15 is 0 Å². The highest BCUT2D eigenvalue weighted by molar-refractivity contribution is 7.13. The lowest BCUT2D eigenvalue weighted by Crippen LogP contribution is -2.38. The second kappa shape index (κ2) is 5.17. The van der Waals surface area contributed by atoms with E-state index in [1.54, 1.807) is 17.4 Å². The van der Waals surface area contributed by atoms with Crippen molar-refractivity contribution in [3.05, 3.63) is 29.3 Å². The van der Waals surface area contributed by atoms with Crippen molar-refractivity contribution in [2.45, 2.75) is 19.8 Å². The van der Waals surface area contributed by atoms with E-state index in [-0.39, 0.29) is 5.91 Å². The van der Waals surface area contributed by atoms with Crippen molar-refractivity contribution in [3.8, 4) is 10.6 Å². The Bertz CT molecular complexity index is 554. The van der Waals surface area contributed by atoms with Gasteiger partial charge in [0.1, 0.15) is 0 Å². The Labute approximate surface area is 116 Å². The van der Waals surface area contributed by atoms with Crippen LogP contribution < -0.4 is 0 Å². The van der Waals surface area contributed by atoms with Gasteiger partial charge in [-0.05, 0) is 30.2 Å². The Kier molecular flexibility index (Phi) is 3.38. The maximum absolute atomic E-state index is 12.3. The van der Waals surface area contributed by atoms with Crippen LogP contribution in [-0.2, 0) is 0 Å². The van der Waals surface area contributed by atoms with Gasteiger partial charge in [-0.25, -0.2) is 0 Å². The SMILES string of the molecule is CC1CCN(C(=O)c2cc(-c3cccs3)on2)CC1. The van der Waals surface area contributed by atoms with E-state index in [2.05, 4.69) is 12.1 Å². The molecular weight excluding hydrogens is 260 g/mol. The zero-order chi connectivity index (χ0) is 13.2. The zero-order valence-electron chi connectivity index (χ0n) is 10.8. The van der Waals surface area contributed by atoms with Gasteiger partial charge in [-0.1, -0.05) is 18.1 Å². The molecule has 0 N–H and O–H groups in total. The highest BCUT2D eigenvalue weighted by atomic mass is 32.1. The number of likely N-dealkylation sites (tertiary alicyclic amines) is 1. The van der Waals surface area contributed by atoms with E-state index in [4.69, 9.17) is 4.52 Å². The molecule has 1 amide bonds. The van der Waals surface area contributed by atoms with E-state index in [1.807, 2.05) is 22.4 Å². The van der Waals surface area contributed by atoms with Crippen molar-refractivity contribution in [1.82, 2.24) is 10.1 Å². The Morgan fingerprint density at radius 3 is 2.95 bits per heavy atom. The second-order valence-corrected chi connectivity index (χ2v) is 5.98. The summed E-state index contributed by atoms with van der Waals surface area (Å²) in [5.41, 5.74) is 0.415. The number of hydrogen-bond donors (Lipinski definition) is 0. The Balaban J connectivity index is 1.74. The number of carbonyl (C=O) groups excluding carboxylic acids is 1. The molecule has 1 aliphatic rings. The van der Waals surface area contributed by atoms with Gasteiger partial charge in [0.2, 0.25) is 0 Å². The molecule has 5 heteroatoms. The summed E-state index contributed by atoms with van der Waals surface area (Å²) < 4.78 is 5.26. The zero-order valence-corrected chi connectivity index (χ0v) is 11.7. The van der Waals surface area contributed by atoms with Gasteiger partial charge in [-0.15, -0.1) is 11.3 Å². The predicted molar refractivity (Wildman–Crippen MR) is 74.1 cm³/mol. The van der Waals surface area contributed by atoms with Gasteiger partial charge >= 0.3 is 0 Å². The average Bonchev–Trinajstić information content (AvgIpc) is 3.10. The Morgan fingerprint density at radius 1 is 1.47 bits per heavy atom. The molecule has 100 valence electrons. The van der Waals surface area contributed by atoms with E-state index in [0.717, 1.165) is 30.8 Å². The summed E-state index contributed by atoms with van der Waals surface area (Å²) in [6, 6.07) is 5.66. The summed E-state index contributed by atoms with van der Waals surface area (Å²) in [6.07, 6.45) is 2.14. The first-order valence-electron chi connectivity index (χ1n) is 6.54. The summed E-state index contributed by atoms with van der Waals surface area (Å²) in [5, 5.41) is 5.88. The van der Waals surface area contributed by atoms with Gasteiger partial charge in [0, 0.05) is 19.2 Å². The summed E-state index contributed by atoms with van der Waals surface area (Å²) >= 11 is 1.58. The van der Waals surface area contributed by atoms with E-state index in [1.165, 1.54) is 0 Å². The fourth-order valence-corrected chi connectivity index (χ4v) is 2.96. The van der Waals surface area contributed by atoms with Gasteiger partial charge in [0.05, 0.1) is 4.88 Å². The molecule has 4 nitrogen and oxygen atoms in total. The molecule has 2 aromatic rings. The summed E-state index contributed by atoms with van der Waals surface area (Å²) in [7, 11) is 0. The van der Waals surface area contributed by atoms with Gasteiger partial charge in [-0.3, -0.25) is 4.79 Å². The molecule has 0 aromatic carbocycles. The fourth-order valence-electron chi connectivity index (χ4n) is 2.28. The number of amides is 1.